The van der Waals surface area contributed by atoms with E-state index >= 15 is 0 Å². The molecular weight excluding hydrogens is 218 g/mol. The normalized spacial score (nSPS) is 19.6. The van der Waals surface area contributed by atoms with Gasteiger partial charge in [-0.3, -0.25) is 9.78 Å². The Morgan fingerprint density at radius 3 is 2.88 bits per heavy atom. The highest BCUT2D eigenvalue weighted by molar-refractivity contribution is 6.15. The largest absolute Gasteiger partial charge is 0.330 e. The minimum absolute atomic E-state index is 0.0622. The van der Waals surface area contributed by atoms with Crippen LogP contribution in [0.2, 0.25) is 0 Å². The first kappa shape index (κ1) is 11.7. The summed E-state index contributed by atoms with van der Waals surface area (Å²) in [4.78, 5) is 20.2. The van der Waals surface area contributed by atoms with Crippen LogP contribution >= 0.6 is 0 Å². The molecule has 0 aromatic carbocycles. The molecule has 1 aliphatic heterocycles. The molecule has 0 spiro atoms. The van der Waals surface area contributed by atoms with Gasteiger partial charge in [-0.15, -0.1) is 0 Å². The maximum atomic E-state index is 12.2. The van der Waals surface area contributed by atoms with Crippen LogP contribution in [-0.4, -0.2) is 28.1 Å². The summed E-state index contributed by atoms with van der Waals surface area (Å²) in [6.45, 7) is 2.46. The van der Waals surface area contributed by atoms with Gasteiger partial charge in [-0.25, -0.2) is 4.98 Å². The number of carbonyl (C=O) groups excluding carboxylic acids is 1. The number of aromatic nitrogens is 2. The van der Waals surface area contributed by atoms with Gasteiger partial charge in [0.05, 0.1) is 17.8 Å². The highest BCUT2D eigenvalue weighted by Gasteiger charge is 2.35. The lowest BCUT2D eigenvalue weighted by Crippen LogP contribution is -2.29. The Labute approximate surface area is 99.5 Å². The monoisotopic (exact) mass is 233 g/mol. The van der Waals surface area contributed by atoms with Gasteiger partial charge in [0, 0.05) is 12.4 Å². The first-order chi connectivity index (χ1) is 8.27. The van der Waals surface area contributed by atoms with Gasteiger partial charge in [0.2, 0.25) is 0 Å². The molecule has 1 aromatic rings. The van der Waals surface area contributed by atoms with E-state index in [-0.39, 0.29) is 11.8 Å². The van der Waals surface area contributed by atoms with E-state index in [0.29, 0.717) is 18.8 Å². The lowest BCUT2D eigenvalue weighted by atomic mass is 9.98. The maximum absolute atomic E-state index is 12.2. The smallest absolute Gasteiger partial charge is 0.257 e. The first-order valence-corrected chi connectivity index (χ1v) is 5.65. The predicted molar refractivity (Wildman–Crippen MR) is 64.4 cm³/mol. The third-order valence-electron chi connectivity index (χ3n) is 2.72. The fourth-order valence-electron chi connectivity index (χ4n) is 1.88. The van der Waals surface area contributed by atoms with Crippen molar-refractivity contribution in [2.45, 2.75) is 19.8 Å². The first-order valence-electron chi connectivity index (χ1n) is 5.65. The summed E-state index contributed by atoms with van der Waals surface area (Å²) < 4.78 is 0. The number of hydrogen-bond acceptors (Lipinski definition) is 5. The third-order valence-corrected chi connectivity index (χ3v) is 2.72. The molecule has 0 bridgehead atoms. The van der Waals surface area contributed by atoms with Crippen LogP contribution in [0, 0.1) is 5.92 Å². The summed E-state index contributed by atoms with van der Waals surface area (Å²) in [7, 11) is 0. The summed E-state index contributed by atoms with van der Waals surface area (Å²) in [5, 5.41) is 5.63. The number of hydrogen-bond donors (Lipinski definition) is 1. The van der Waals surface area contributed by atoms with Crippen LogP contribution in [0.4, 0.5) is 5.82 Å². The zero-order chi connectivity index (χ0) is 12.3. The van der Waals surface area contributed by atoms with Gasteiger partial charge in [-0.05, 0) is 19.4 Å². The molecule has 1 atom stereocenters. The van der Waals surface area contributed by atoms with Gasteiger partial charge in [0.15, 0.2) is 5.82 Å². The number of anilines is 1. The van der Waals surface area contributed by atoms with Crippen LogP contribution in [0.5, 0.6) is 0 Å². The van der Waals surface area contributed by atoms with Gasteiger partial charge in [0.25, 0.3) is 5.91 Å². The molecule has 1 aliphatic rings. The van der Waals surface area contributed by atoms with Crippen molar-refractivity contribution >= 4 is 17.4 Å². The van der Waals surface area contributed by atoms with Gasteiger partial charge >= 0.3 is 0 Å². The Morgan fingerprint density at radius 2 is 2.29 bits per heavy atom. The molecular formula is C11H15N5O. The Hall–Kier alpha value is -1.82. The number of carbonyl (C=O) groups is 1. The summed E-state index contributed by atoms with van der Waals surface area (Å²) in [5.74, 6) is 0.197. The minimum Gasteiger partial charge on any atom is -0.330 e. The highest BCUT2D eigenvalue weighted by atomic mass is 16.2. The molecule has 1 unspecified atom stereocenters. The summed E-state index contributed by atoms with van der Waals surface area (Å²) in [6.07, 6.45) is 6.00. The number of hydrazone groups is 1. The molecule has 2 N–H and O–H groups in total. The van der Waals surface area contributed by atoms with E-state index in [2.05, 4.69) is 15.1 Å². The fraction of sp³-hybridized carbons (Fsp3) is 0.455. The molecule has 0 aliphatic carbocycles. The standard InChI is InChI=1S/C11H15N5O/c1-2-9-8(3-4-12)11(17)16(15-9)10-7-13-5-6-14-10/h5-8H,2-4,12H2,1H3. The average molecular weight is 233 g/mol. The second-order valence-corrected chi connectivity index (χ2v) is 3.79. The second kappa shape index (κ2) is 5.01. The van der Waals surface area contributed by atoms with Gasteiger partial charge in [0.1, 0.15) is 0 Å². The van der Waals surface area contributed by atoms with E-state index in [1.807, 2.05) is 6.92 Å². The Kier molecular flexibility index (Phi) is 3.43. The Balaban J connectivity index is 2.27. The van der Waals surface area contributed by atoms with Crippen molar-refractivity contribution in [2.24, 2.45) is 16.8 Å². The van der Waals surface area contributed by atoms with Crippen LogP contribution < -0.4 is 10.7 Å². The van der Waals surface area contributed by atoms with Crippen LogP contribution in [0.1, 0.15) is 19.8 Å². The molecule has 1 aromatic heterocycles. The van der Waals surface area contributed by atoms with Crippen LogP contribution in [0.15, 0.2) is 23.7 Å². The molecule has 0 fully saturated rings. The van der Waals surface area contributed by atoms with Crippen molar-refractivity contribution in [2.75, 3.05) is 11.6 Å². The Bertz CT molecular complexity index is 431. The van der Waals surface area contributed by atoms with E-state index in [9.17, 15) is 4.79 Å². The maximum Gasteiger partial charge on any atom is 0.257 e. The van der Waals surface area contributed by atoms with Gasteiger partial charge in [-0.2, -0.15) is 10.1 Å². The molecule has 0 saturated heterocycles. The van der Waals surface area contributed by atoms with Crippen molar-refractivity contribution in [1.29, 1.82) is 0 Å². The zero-order valence-electron chi connectivity index (χ0n) is 9.71. The third kappa shape index (κ3) is 2.16. The van der Waals surface area contributed by atoms with E-state index in [1.54, 1.807) is 12.4 Å². The van der Waals surface area contributed by atoms with Gasteiger partial charge < -0.3 is 5.73 Å². The topological polar surface area (TPSA) is 84.5 Å². The molecule has 1 amide bonds. The van der Waals surface area contributed by atoms with Crippen molar-refractivity contribution in [3.63, 3.8) is 0 Å². The van der Waals surface area contributed by atoms with E-state index < -0.39 is 0 Å². The molecule has 2 heterocycles. The zero-order valence-corrected chi connectivity index (χ0v) is 9.71. The molecule has 2 rings (SSSR count). The second-order valence-electron chi connectivity index (χ2n) is 3.79. The van der Waals surface area contributed by atoms with Gasteiger partial charge in [-0.1, -0.05) is 6.92 Å². The number of amides is 1. The van der Waals surface area contributed by atoms with E-state index in [1.165, 1.54) is 11.2 Å². The SMILES string of the molecule is CCC1=NN(c2cnccn2)C(=O)C1CCN. The predicted octanol–water partition coefficient (Wildman–Crippen LogP) is 0.554. The van der Waals surface area contributed by atoms with Crippen molar-refractivity contribution < 1.29 is 4.79 Å². The molecule has 0 radical (unpaired) electrons. The molecule has 90 valence electrons. The van der Waals surface area contributed by atoms with Crippen molar-refractivity contribution in [1.82, 2.24) is 9.97 Å². The van der Waals surface area contributed by atoms with Crippen LogP contribution in [0.3, 0.4) is 0 Å². The fourth-order valence-corrected chi connectivity index (χ4v) is 1.88. The quantitative estimate of drug-likeness (QED) is 0.823. The summed E-state index contributed by atoms with van der Waals surface area (Å²) >= 11 is 0. The summed E-state index contributed by atoms with van der Waals surface area (Å²) in [5.41, 5.74) is 6.38. The average Bonchev–Trinajstić information content (AvgIpc) is 2.69. The highest BCUT2D eigenvalue weighted by Crippen LogP contribution is 2.24. The number of rotatable bonds is 4. The molecule has 17 heavy (non-hydrogen) atoms. The lowest BCUT2D eigenvalue weighted by molar-refractivity contribution is -0.119. The van der Waals surface area contributed by atoms with E-state index in [0.717, 1.165) is 12.1 Å². The van der Waals surface area contributed by atoms with Crippen LogP contribution in [0.25, 0.3) is 0 Å². The van der Waals surface area contributed by atoms with Crippen molar-refractivity contribution in [3.05, 3.63) is 18.6 Å². The molecule has 6 heteroatoms. The number of nitrogens with two attached hydrogens (primary N) is 1. The van der Waals surface area contributed by atoms with Crippen molar-refractivity contribution in [3.8, 4) is 0 Å². The minimum atomic E-state index is -0.202. The van der Waals surface area contributed by atoms with Crippen LogP contribution in [-0.2, 0) is 4.79 Å². The Morgan fingerprint density at radius 1 is 1.47 bits per heavy atom. The number of nitrogens with zero attached hydrogens (tertiary/aromatic N) is 4. The molecule has 0 saturated carbocycles. The molecule has 6 nitrogen and oxygen atoms in total. The van der Waals surface area contributed by atoms with E-state index in [4.69, 9.17) is 5.73 Å². The summed E-state index contributed by atoms with van der Waals surface area (Å²) in [6, 6.07) is 0. The lowest BCUT2D eigenvalue weighted by Gasteiger charge is -2.12.